The van der Waals surface area contributed by atoms with E-state index in [1.54, 1.807) is 0 Å². The van der Waals surface area contributed by atoms with Gasteiger partial charge >= 0.3 is 63.5 Å². The fraction of sp³-hybridized carbons (Fsp3) is 1.00. The van der Waals surface area contributed by atoms with Crippen molar-refractivity contribution in [2.45, 2.75) is 26.2 Å². The molecule has 10 heavy (non-hydrogen) atoms. The summed E-state index contributed by atoms with van der Waals surface area (Å²) in [5, 5.41) is 0. The molecule has 0 saturated carbocycles. The van der Waals surface area contributed by atoms with Gasteiger partial charge < -0.3 is 0 Å². The Balaban J connectivity index is 3.21. The van der Waals surface area contributed by atoms with Gasteiger partial charge in [-0.3, -0.25) is 0 Å². The van der Waals surface area contributed by atoms with Crippen LogP contribution in [0.15, 0.2) is 0 Å². The summed E-state index contributed by atoms with van der Waals surface area (Å²) in [4.78, 5) is 0. The Kier molecular flexibility index (Phi) is 5.04. The first-order valence-electron chi connectivity index (χ1n) is 3.18. The molecule has 0 bridgehead atoms. The molecule has 5 heteroatoms. The van der Waals surface area contributed by atoms with E-state index in [0.717, 1.165) is 12.8 Å². The van der Waals surface area contributed by atoms with Crippen LogP contribution in [0.1, 0.15) is 26.2 Å². The Morgan fingerprint density at radius 3 is 2.40 bits per heavy atom. The summed E-state index contributed by atoms with van der Waals surface area (Å²) >= 11 is -5.17. The minimum atomic E-state index is -5.17. The molecule has 0 aliphatic heterocycles. The number of rotatable bonds is 5. The van der Waals surface area contributed by atoms with Gasteiger partial charge in [0.25, 0.3) is 0 Å². The fourth-order valence-corrected chi connectivity index (χ4v) is 1.32. The molecule has 0 radical (unpaired) electrons. The van der Waals surface area contributed by atoms with E-state index < -0.39 is 16.7 Å². The van der Waals surface area contributed by atoms with Gasteiger partial charge in [0.05, 0.1) is 0 Å². The number of hydrogen-bond acceptors (Lipinski definition) is 3. The van der Waals surface area contributed by atoms with Gasteiger partial charge in [-0.25, -0.2) is 0 Å². The van der Waals surface area contributed by atoms with E-state index in [0.29, 0.717) is 6.42 Å². The van der Waals surface area contributed by atoms with Crippen LogP contribution >= 0.6 is 0 Å². The van der Waals surface area contributed by atoms with Crippen LogP contribution in [0.3, 0.4) is 0 Å². The molecule has 0 aromatic heterocycles. The van der Waals surface area contributed by atoms with Crippen molar-refractivity contribution in [3.8, 4) is 0 Å². The first-order valence-corrected chi connectivity index (χ1v) is 6.53. The molecule has 0 heterocycles. The first-order chi connectivity index (χ1) is 4.56. The molecule has 0 fully saturated rings. The number of unbranched alkanes of at least 4 members (excludes halogenated alkanes) is 2. The molecule has 0 rings (SSSR count). The average molecular weight is 232 g/mol. The van der Waals surface area contributed by atoms with Crippen LogP contribution in [0.4, 0.5) is 0 Å². The second-order valence-corrected chi connectivity index (χ2v) is 4.64. The second-order valence-electron chi connectivity index (χ2n) is 1.96. The Bertz CT molecular complexity index is 160. The standard InChI is InChI=1S/C5H11O.Mo.H2O.2O/c1-2-3-4-5-6;;;;/h2-5H2,1H3;;1H2;;/q-1;+2;;;/p-1. The summed E-state index contributed by atoms with van der Waals surface area (Å²) in [6.07, 6.45) is 2.63. The summed E-state index contributed by atoms with van der Waals surface area (Å²) in [7, 11) is 0. The van der Waals surface area contributed by atoms with Crippen molar-refractivity contribution in [2.75, 3.05) is 6.61 Å². The molecular formula is C5H12MoO4. The van der Waals surface area contributed by atoms with Crippen LogP contribution in [0.25, 0.3) is 0 Å². The molecule has 62 valence electrons. The van der Waals surface area contributed by atoms with E-state index >= 15 is 0 Å². The molecule has 0 spiro atoms. The minimum absolute atomic E-state index is 0.123. The van der Waals surface area contributed by atoms with Gasteiger partial charge in [-0.1, -0.05) is 0 Å². The third kappa shape index (κ3) is 8.21. The zero-order valence-electron chi connectivity index (χ0n) is 5.91. The summed E-state index contributed by atoms with van der Waals surface area (Å²) in [5.41, 5.74) is 0. The topological polar surface area (TPSA) is 63.6 Å². The second kappa shape index (κ2) is 4.94. The van der Waals surface area contributed by atoms with Gasteiger partial charge in [0.1, 0.15) is 0 Å². The van der Waals surface area contributed by atoms with E-state index in [9.17, 15) is 6.80 Å². The Morgan fingerprint density at radius 2 is 2.00 bits per heavy atom. The molecule has 4 nitrogen and oxygen atoms in total. The summed E-state index contributed by atoms with van der Waals surface area (Å²) < 4.78 is 32.4. The molecular weight excluding hydrogens is 220 g/mol. The van der Waals surface area contributed by atoms with Crippen molar-refractivity contribution in [1.82, 2.24) is 0 Å². The zero-order valence-corrected chi connectivity index (χ0v) is 7.92. The molecule has 0 saturated heterocycles. The third-order valence-electron chi connectivity index (χ3n) is 0.980. The normalized spacial score (nSPS) is 11.8. The zero-order chi connectivity index (χ0) is 8.04. The van der Waals surface area contributed by atoms with Crippen LogP contribution in [0, 0.1) is 0 Å². The molecule has 0 aliphatic rings. The van der Waals surface area contributed by atoms with E-state index in [2.05, 4.69) is 3.39 Å². The average Bonchev–Trinajstić information content (AvgIpc) is 1.78. The van der Waals surface area contributed by atoms with Crippen molar-refractivity contribution in [1.29, 1.82) is 0 Å². The van der Waals surface area contributed by atoms with Crippen molar-refractivity contribution in [3.05, 3.63) is 0 Å². The molecule has 1 N–H and O–H groups in total. The summed E-state index contributed by atoms with van der Waals surface area (Å²) in [6, 6.07) is 0. The summed E-state index contributed by atoms with van der Waals surface area (Å²) in [6.45, 7) is 2.13. The van der Waals surface area contributed by atoms with E-state index in [1.165, 1.54) is 0 Å². The third-order valence-corrected chi connectivity index (χ3v) is 2.12. The Morgan fingerprint density at radius 1 is 1.40 bits per heavy atom. The fourth-order valence-electron chi connectivity index (χ4n) is 0.516. The molecule has 0 amide bonds. The molecule has 0 aromatic carbocycles. The number of hydrogen-bond donors (Lipinski definition) is 1. The maximum absolute atomic E-state index is 10.0. The van der Waals surface area contributed by atoms with Gasteiger partial charge in [-0.2, -0.15) is 0 Å². The van der Waals surface area contributed by atoms with Gasteiger partial charge in [0.2, 0.25) is 0 Å². The van der Waals surface area contributed by atoms with Crippen LogP contribution in [0.2, 0.25) is 0 Å². The van der Waals surface area contributed by atoms with Gasteiger partial charge in [-0.15, -0.1) is 0 Å². The van der Waals surface area contributed by atoms with Gasteiger partial charge in [-0.05, 0) is 0 Å². The molecule has 0 unspecified atom stereocenters. The van der Waals surface area contributed by atoms with Crippen LogP contribution in [-0.4, -0.2) is 10.4 Å². The van der Waals surface area contributed by atoms with Crippen LogP contribution < -0.4 is 0 Å². The Labute approximate surface area is 63.9 Å². The molecule has 0 atom stereocenters. The predicted octanol–water partition coefficient (Wildman–Crippen LogP) is 0.860. The monoisotopic (exact) mass is 234 g/mol. The maximum atomic E-state index is 10.0. The van der Waals surface area contributed by atoms with Gasteiger partial charge in [0.15, 0.2) is 0 Å². The SMILES string of the molecule is CCCCC[O][Mo](=[O])(=[O])[OH]. The first kappa shape index (κ1) is 10.2. The predicted molar refractivity (Wildman–Crippen MR) is 29.1 cm³/mol. The summed E-state index contributed by atoms with van der Waals surface area (Å²) in [5.74, 6) is 0. The molecule has 0 aliphatic carbocycles. The van der Waals surface area contributed by atoms with Gasteiger partial charge in [0, 0.05) is 0 Å². The van der Waals surface area contributed by atoms with Crippen molar-refractivity contribution in [3.63, 3.8) is 0 Å². The van der Waals surface area contributed by atoms with E-state index in [1.807, 2.05) is 6.92 Å². The van der Waals surface area contributed by atoms with Crippen molar-refractivity contribution >= 4 is 0 Å². The Hall–Kier alpha value is 0.208. The van der Waals surface area contributed by atoms with E-state index in [4.69, 9.17) is 3.76 Å². The van der Waals surface area contributed by atoms with Crippen molar-refractivity contribution < 1.29 is 30.7 Å². The quantitative estimate of drug-likeness (QED) is 0.564. The van der Waals surface area contributed by atoms with E-state index in [-0.39, 0.29) is 6.61 Å². The van der Waals surface area contributed by atoms with Crippen LogP contribution in [-0.2, 0) is 26.9 Å². The molecule has 0 aromatic rings. The van der Waals surface area contributed by atoms with Crippen molar-refractivity contribution in [2.24, 2.45) is 0 Å². The van der Waals surface area contributed by atoms with Crippen LogP contribution in [0.5, 0.6) is 0 Å².